The largest absolute Gasteiger partial charge is 2.00 e. The van der Waals surface area contributed by atoms with E-state index in [4.69, 9.17) is 79.7 Å². The molecule has 18 aromatic rings. The zero-order chi connectivity index (χ0) is 73.5. The number of anilines is 3. The maximum absolute atomic E-state index is 11.8. The number of carbonyl (C=O) groups is 1. The molecule has 4 aliphatic rings. The van der Waals surface area contributed by atoms with E-state index in [1.54, 1.807) is 6.07 Å². The van der Waals surface area contributed by atoms with E-state index in [2.05, 4.69) is 89.8 Å². The van der Waals surface area contributed by atoms with Gasteiger partial charge in [-0.2, -0.15) is 5.26 Å². The Morgan fingerprint density at radius 1 is 0.310 bits per heavy atom. The molecule has 7 aromatic heterocycles. The molecule has 11 heterocycles. The molecule has 518 valence electrons. The molecule has 0 spiro atoms. The number of carboxylic acids is 1. The van der Waals surface area contributed by atoms with Gasteiger partial charge in [-0.3, -0.25) is 0 Å². The number of benzene rings is 11. The average molecular weight is 1570 g/mol. The fourth-order valence-electron chi connectivity index (χ4n) is 15.1. The molecule has 11 aromatic carbocycles. The van der Waals surface area contributed by atoms with Crippen molar-refractivity contribution in [1.29, 1.82) is 5.26 Å². The fourth-order valence-corrected chi connectivity index (χ4v) is 16.0. The zero-order valence-electron chi connectivity index (χ0n) is 59.2. The van der Waals surface area contributed by atoms with Gasteiger partial charge in [-0.1, -0.05) is 206 Å². The van der Waals surface area contributed by atoms with E-state index in [-0.39, 0.29) is 44.5 Å². The van der Waals surface area contributed by atoms with Gasteiger partial charge in [0.2, 0.25) is 0 Å². The molecular formula is C90H46N18O2SZn2. The number of nitriles is 1. The van der Waals surface area contributed by atoms with Crippen LogP contribution in [-0.2, 0) is 43.8 Å². The molecule has 113 heavy (non-hydrogen) atoms. The summed E-state index contributed by atoms with van der Waals surface area (Å²) in [6, 6.07) is 90.7. The van der Waals surface area contributed by atoms with Crippen molar-refractivity contribution in [3.63, 3.8) is 0 Å². The van der Waals surface area contributed by atoms with Crippen LogP contribution >= 0.6 is 11.3 Å². The molecule has 0 radical (unpaired) electrons. The number of thiophene rings is 1. The van der Waals surface area contributed by atoms with Gasteiger partial charge in [-0.25, -0.2) is 24.7 Å². The van der Waals surface area contributed by atoms with Gasteiger partial charge in [0.1, 0.15) is 11.6 Å². The maximum Gasteiger partial charge on any atom is 2.00 e. The summed E-state index contributed by atoms with van der Waals surface area (Å²) in [5.74, 6) is 2.46. The minimum absolute atomic E-state index is 0. The molecule has 0 saturated heterocycles. The molecule has 20 nitrogen and oxygen atoms in total. The number of carboxylic acid groups (broad SMARTS) is 1. The number of fused-ring (bicyclic) bond motifs is 40. The summed E-state index contributed by atoms with van der Waals surface area (Å²) in [5.41, 5.74) is 17.2. The van der Waals surface area contributed by atoms with Gasteiger partial charge in [0, 0.05) is 117 Å². The summed E-state index contributed by atoms with van der Waals surface area (Å²) in [5, 5.41) is 25.7. The van der Waals surface area contributed by atoms with Gasteiger partial charge in [0.15, 0.2) is 0 Å². The third kappa shape index (κ3) is 11.5. The first-order valence-corrected chi connectivity index (χ1v) is 36.3. The van der Waals surface area contributed by atoms with E-state index < -0.39 is 5.97 Å². The predicted octanol–water partition coefficient (Wildman–Crippen LogP) is 19.1. The van der Waals surface area contributed by atoms with Gasteiger partial charge < -0.3 is 69.8 Å². The summed E-state index contributed by atoms with van der Waals surface area (Å²) < 4.78 is 0. The average Bonchev–Trinajstić information content (AvgIpc) is 1.71. The molecule has 1 N–H and O–H groups in total. The second-order valence-electron chi connectivity index (χ2n) is 26.9. The number of aliphatic carboxylic acids is 1. The number of rotatable bonds is 8. The van der Waals surface area contributed by atoms with Crippen LogP contribution in [-0.4, -0.2) is 70.9 Å². The zero-order valence-corrected chi connectivity index (χ0v) is 66.0. The van der Waals surface area contributed by atoms with Crippen LogP contribution in [0, 0.1) is 11.3 Å². The topological polar surface area (TPSA) is 275 Å². The maximum atomic E-state index is 11.8. The third-order valence-corrected chi connectivity index (χ3v) is 21.5. The molecule has 0 amide bonds. The molecule has 0 unspecified atom stereocenters. The fraction of sp³-hybridized carbons (Fsp3) is 0. The van der Waals surface area contributed by atoms with Crippen LogP contribution < -0.4 is 24.8 Å². The molecule has 4 aliphatic heterocycles. The molecule has 0 fully saturated rings. The Kier molecular flexibility index (Phi) is 16.2. The van der Waals surface area contributed by atoms with Gasteiger partial charge in [-0.05, 0) is 138 Å². The van der Waals surface area contributed by atoms with Crippen molar-refractivity contribution in [2.24, 2.45) is 0 Å². The van der Waals surface area contributed by atoms with Crippen molar-refractivity contribution in [2.75, 3.05) is 4.90 Å². The van der Waals surface area contributed by atoms with E-state index in [0.29, 0.717) is 96.6 Å². The predicted molar refractivity (Wildman–Crippen MR) is 432 cm³/mol. The molecule has 23 heteroatoms. The van der Waals surface area contributed by atoms with Gasteiger partial charge in [-0.15, -0.1) is 11.3 Å². The van der Waals surface area contributed by atoms with Crippen molar-refractivity contribution in [1.82, 2.24) is 79.7 Å². The smallest absolute Gasteiger partial charge is 0.477 e. The van der Waals surface area contributed by atoms with Crippen LogP contribution in [0.5, 0.6) is 0 Å². The van der Waals surface area contributed by atoms with Crippen molar-refractivity contribution in [2.45, 2.75) is 0 Å². The first-order valence-electron chi connectivity index (χ1n) is 35.5. The normalized spacial score (nSPS) is 11.9. The minimum Gasteiger partial charge on any atom is -0.477 e. The molecule has 0 saturated carbocycles. The Labute approximate surface area is 669 Å². The quantitative estimate of drug-likeness (QED) is 0.0840. The van der Waals surface area contributed by atoms with Crippen molar-refractivity contribution in [3.05, 3.63) is 277 Å². The van der Waals surface area contributed by atoms with Crippen LogP contribution in [0.25, 0.3) is 218 Å². The van der Waals surface area contributed by atoms with Crippen molar-refractivity contribution >= 4 is 129 Å². The second kappa shape index (κ2) is 27.0. The van der Waals surface area contributed by atoms with E-state index in [9.17, 15) is 15.2 Å². The van der Waals surface area contributed by atoms with E-state index in [1.165, 1.54) is 17.4 Å². The summed E-state index contributed by atoms with van der Waals surface area (Å²) >= 11 is 1.40. The van der Waals surface area contributed by atoms with E-state index in [1.807, 2.05) is 182 Å². The van der Waals surface area contributed by atoms with Gasteiger partial charge >= 0.3 is 44.9 Å². The standard InChI is InChI=1S/C90H47N18O2S.2Zn/c91-46-52(90(109)110)43-56-39-42-73(111-56)49-29-37-55(38-30-49)108(53-33-25-47(26-34-53)50-31-40-69-71(44-50)88-104-84-67-23-11-9-21-65(67)80(100-84)96-76-59-15-3-1-13-57(59)74(92-76)94-78-61-17-5-7-19-63(61)82(98-78)102-86(69)106-88)54-35-27-48(28-36-54)51-32-41-70-72(45-51)89-105-85-68-24-12-10-22-66(68)81(101-85)97-77-60-16-4-2-14-58(60)75(93-77)95-79-62-18-6-8-20-64(62)83(99-79)103-87(70)107-89;;/h1-45H,(H2-3,92,93,94,95,96,97,98,99,100,101,102,103,104,105,106,107,109,110);;/q-3;2*+2/p-1/b52-43+;;. The third-order valence-electron chi connectivity index (χ3n) is 20.4. The van der Waals surface area contributed by atoms with Crippen LogP contribution in [0.3, 0.4) is 0 Å². The SMILES string of the molecule is N#C/C(=C\c1ccc(-c2ccc(N(c3ccc(-c4ccc5c(c4)-c4nc-5nc5[n-]c(nc6nc(nc7[n-]c(n4)c4ccccc74)-c4ccccc4-6)c4ccccc54)cc3)c3ccc(-c4ccc5c(c4)-c4nc-5nc5[n-]c(nc6nc(nc7[n-]c(n4)c4ccccc74)-c4ccccc4-6)c4ccccc54)cc3)cc2)s1)C(=O)O.[Zn+2].[Zn+2]. The molecule has 0 atom stereocenters. The van der Waals surface area contributed by atoms with Gasteiger partial charge in [0.05, 0.1) is 46.6 Å². The van der Waals surface area contributed by atoms with Crippen molar-refractivity contribution in [3.8, 4) is 130 Å². The van der Waals surface area contributed by atoms with Crippen LogP contribution in [0.15, 0.2) is 272 Å². The summed E-state index contributed by atoms with van der Waals surface area (Å²) in [6.45, 7) is 0. The van der Waals surface area contributed by atoms with E-state index in [0.717, 1.165) is 137 Å². The Hall–Kier alpha value is -14.4. The number of aromatic nitrogens is 16. The van der Waals surface area contributed by atoms with E-state index >= 15 is 0 Å². The minimum atomic E-state index is -1.28. The second-order valence-corrected chi connectivity index (χ2v) is 28.0. The molecule has 22 rings (SSSR count). The first kappa shape index (κ1) is 67.9. The Morgan fingerprint density at radius 2 is 0.566 bits per heavy atom. The van der Waals surface area contributed by atoms with Crippen molar-refractivity contribution < 1.29 is 48.9 Å². The van der Waals surface area contributed by atoms with Crippen LogP contribution in [0.4, 0.5) is 17.1 Å². The Bertz CT molecular complexity index is 7160. The molecular weight excluding hydrogens is 1530 g/mol. The van der Waals surface area contributed by atoms with Crippen LogP contribution in [0.1, 0.15) is 4.88 Å². The molecule has 0 aliphatic carbocycles. The monoisotopic (exact) mass is 1570 g/mol. The first-order chi connectivity index (χ1) is 54.7. The van der Waals surface area contributed by atoms with Gasteiger partial charge in [0.25, 0.3) is 0 Å². The summed E-state index contributed by atoms with van der Waals surface area (Å²) in [6.07, 6.45) is 1.40. The number of nitrogens with zero attached hydrogens (tertiary/aromatic N) is 18. The molecule has 16 bridgehead atoms. The number of hydrogen-bond donors (Lipinski definition) is 1. The Balaban J connectivity index is 0.00000415. The summed E-state index contributed by atoms with van der Waals surface area (Å²) in [7, 11) is 0. The van der Waals surface area contributed by atoms with Crippen LogP contribution in [0.2, 0.25) is 0 Å². The Morgan fingerprint density at radius 3 is 0.850 bits per heavy atom. The summed E-state index contributed by atoms with van der Waals surface area (Å²) in [4.78, 5) is 97.8. The number of hydrogen-bond acceptors (Lipinski definition) is 16.